The highest BCUT2D eigenvalue weighted by molar-refractivity contribution is 5.70. The summed E-state index contributed by atoms with van der Waals surface area (Å²) in [7, 11) is 0. The molecule has 1 aromatic heterocycles. The average molecular weight is 232 g/mol. The third-order valence-corrected chi connectivity index (χ3v) is 2.02. The summed E-state index contributed by atoms with van der Waals surface area (Å²) in [6.07, 6.45) is -3.53. The van der Waals surface area contributed by atoms with Crippen molar-refractivity contribution in [2.24, 2.45) is 5.73 Å². The lowest BCUT2D eigenvalue weighted by molar-refractivity contribution is -0.136. The van der Waals surface area contributed by atoms with E-state index in [0.29, 0.717) is 0 Å². The maximum atomic E-state index is 12.7. The van der Waals surface area contributed by atoms with E-state index in [9.17, 15) is 18.4 Å². The number of halogens is 2. The lowest BCUT2D eigenvalue weighted by Crippen LogP contribution is -2.18. The minimum Gasteiger partial charge on any atom is -0.481 e. The first-order valence-electron chi connectivity index (χ1n) is 4.40. The van der Waals surface area contributed by atoms with Crippen LogP contribution in [0.4, 0.5) is 8.78 Å². The molecule has 0 radical (unpaired) electrons. The van der Waals surface area contributed by atoms with Gasteiger partial charge in [-0.2, -0.15) is 0 Å². The Hall–Kier alpha value is -1.76. The van der Waals surface area contributed by atoms with Crippen LogP contribution >= 0.6 is 0 Å². The predicted octanol–water partition coefficient (Wildman–Crippen LogP) is 0.398. The Labute approximate surface area is 88.9 Å². The zero-order chi connectivity index (χ0) is 12.3. The van der Waals surface area contributed by atoms with E-state index in [1.165, 1.54) is 0 Å². The Balaban J connectivity index is 3.37. The summed E-state index contributed by atoms with van der Waals surface area (Å²) in [5.74, 6) is -1.30. The fraction of sp³-hybridized carbons (Fsp3) is 0.333. The Bertz CT molecular complexity index is 457. The van der Waals surface area contributed by atoms with Gasteiger partial charge in [0, 0.05) is 23.9 Å². The lowest BCUT2D eigenvalue weighted by atomic mass is 10.0. The number of aromatic amines is 1. The van der Waals surface area contributed by atoms with Gasteiger partial charge in [-0.05, 0) is 5.56 Å². The van der Waals surface area contributed by atoms with Gasteiger partial charge in [0.05, 0.1) is 6.42 Å². The predicted molar refractivity (Wildman–Crippen MR) is 51.3 cm³/mol. The molecule has 0 saturated heterocycles. The number of pyridine rings is 1. The third kappa shape index (κ3) is 2.63. The van der Waals surface area contributed by atoms with E-state index >= 15 is 0 Å². The molecule has 1 heterocycles. The zero-order valence-electron chi connectivity index (χ0n) is 8.17. The average Bonchev–Trinajstić information content (AvgIpc) is 2.14. The molecule has 0 aliphatic heterocycles. The van der Waals surface area contributed by atoms with Gasteiger partial charge in [0.15, 0.2) is 0 Å². The van der Waals surface area contributed by atoms with E-state index in [0.717, 1.165) is 6.07 Å². The largest absolute Gasteiger partial charge is 0.481 e. The lowest BCUT2D eigenvalue weighted by Gasteiger charge is -2.11. The van der Waals surface area contributed by atoms with Crippen LogP contribution in [0, 0.1) is 0 Å². The first kappa shape index (κ1) is 12.3. The SMILES string of the molecule is NCc1cc(=O)[nH]c(CC(=O)O)c1C(F)F. The number of hydrogen-bond acceptors (Lipinski definition) is 3. The fourth-order valence-electron chi connectivity index (χ4n) is 1.41. The van der Waals surface area contributed by atoms with Crippen LogP contribution in [-0.4, -0.2) is 16.1 Å². The summed E-state index contributed by atoms with van der Waals surface area (Å²) in [6, 6.07) is 0.951. The normalized spacial score (nSPS) is 10.8. The first-order valence-corrected chi connectivity index (χ1v) is 4.40. The summed E-state index contributed by atoms with van der Waals surface area (Å²) in [4.78, 5) is 23.6. The monoisotopic (exact) mass is 232 g/mol. The number of nitrogens with one attached hydrogen (secondary N) is 1. The third-order valence-electron chi connectivity index (χ3n) is 2.02. The number of carboxylic acids is 1. The molecule has 0 aliphatic rings. The van der Waals surface area contributed by atoms with Crippen molar-refractivity contribution in [3.05, 3.63) is 33.2 Å². The summed E-state index contributed by atoms with van der Waals surface area (Å²) < 4.78 is 25.4. The molecular weight excluding hydrogens is 222 g/mol. The summed E-state index contributed by atoms with van der Waals surface area (Å²) >= 11 is 0. The van der Waals surface area contributed by atoms with E-state index in [1.54, 1.807) is 0 Å². The summed E-state index contributed by atoms with van der Waals surface area (Å²) in [5, 5.41) is 8.53. The number of alkyl halides is 2. The van der Waals surface area contributed by atoms with Crippen molar-refractivity contribution in [1.82, 2.24) is 4.98 Å². The van der Waals surface area contributed by atoms with Crippen molar-refractivity contribution in [2.45, 2.75) is 19.4 Å². The van der Waals surface area contributed by atoms with Crippen molar-refractivity contribution in [1.29, 1.82) is 0 Å². The molecule has 0 aromatic carbocycles. The van der Waals surface area contributed by atoms with Gasteiger partial charge in [-0.3, -0.25) is 9.59 Å². The van der Waals surface area contributed by atoms with Gasteiger partial charge in [0.2, 0.25) is 5.56 Å². The van der Waals surface area contributed by atoms with Crippen LogP contribution in [-0.2, 0) is 17.8 Å². The maximum Gasteiger partial charge on any atom is 0.309 e. The first-order chi connectivity index (χ1) is 7.45. The molecule has 1 aromatic rings. The molecule has 0 saturated carbocycles. The van der Waals surface area contributed by atoms with Crippen LogP contribution in [0.25, 0.3) is 0 Å². The number of hydrogen-bond donors (Lipinski definition) is 3. The molecule has 0 atom stereocenters. The minimum absolute atomic E-state index is 0.0324. The van der Waals surface area contributed by atoms with Crippen LogP contribution in [0.2, 0.25) is 0 Å². The molecule has 0 spiro atoms. The van der Waals surface area contributed by atoms with E-state index in [2.05, 4.69) is 4.98 Å². The molecule has 16 heavy (non-hydrogen) atoms. The Morgan fingerprint density at radius 3 is 2.62 bits per heavy atom. The van der Waals surface area contributed by atoms with Gasteiger partial charge in [0.1, 0.15) is 0 Å². The highest BCUT2D eigenvalue weighted by Gasteiger charge is 2.20. The van der Waals surface area contributed by atoms with Crippen molar-refractivity contribution in [3.8, 4) is 0 Å². The van der Waals surface area contributed by atoms with E-state index in [-0.39, 0.29) is 17.8 Å². The van der Waals surface area contributed by atoms with Crippen LogP contribution in [0.1, 0.15) is 23.2 Å². The van der Waals surface area contributed by atoms with Crippen molar-refractivity contribution in [3.63, 3.8) is 0 Å². The molecule has 0 fully saturated rings. The second kappa shape index (κ2) is 4.84. The van der Waals surface area contributed by atoms with Crippen molar-refractivity contribution < 1.29 is 18.7 Å². The van der Waals surface area contributed by atoms with Crippen LogP contribution < -0.4 is 11.3 Å². The Morgan fingerprint density at radius 2 is 2.19 bits per heavy atom. The van der Waals surface area contributed by atoms with Gasteiger partial charge in [-0.25, -0.2) is 8.78 Å². The standard InChI is InChI=1S/C9H10F2N2O3/c10-9(11)8-4(3-12)1-6(14)13-5(8)2-7(15)16/h1,9H,2-3,12H2,(H,13,14)(H,15,16). The summed E-state index contributed by atoms with van der Waals surface area (Å²) in [5.41, 5.74) is 3.76. The quantitative estimate of drug-likeness (QED) is 0.700. The smallest absolute Gasteiger partial charge is 0.309 e. The van der Waals surface area contributed by atoms with Gasteiger partial charge < -0.3 is 15.8 Å². The second-order valence-electron chi connectivity index (χ2n) is 3.13. The molecule has 0 unspecified atom stereocenters. The highest BCUT2D eigenvalue weighted by atomic mass is 19.3. The van der Waals surface area contributed by atoms with Gasteiger partial charge in [-0.1, -0.05) is 0 Å². The van der Waals surface area contributed by atoms with E-state index in [1.807, 2.05) is 0 Å². The minimum atomic E-state index is -2.87. The molecule has 4 N–H and O–H groups in total. The van der Waals surface area contributed by atoms with Gasteiger partial charge in [-0.15, -0.1) is 0 Å². The van der Waals surface area contributed by atoms with Crippen LogP contribution in [0.5, 0.6) is 0 Å². The summed E-state index contributed by atoms with van der Waals surface area (Å²) in [6.45, 7) is -0.240. The molecule has 0 amide bonds. The van der Waals surface area contributed by atoms with Crippen molar-refractivity contribution in [2.75, 3.05) is 0 Å². The number of carboxylic acid groups (broad SMARTS) is 1. The number of carbonyl (C=O) groups is 1. The number of H-pyrrole nitrogens is 1. The fourth-order valence-corrected chi connectivity index (χ4v) is 1.41. The number of nitrogens with two attached hydrogens (primary N) is 1. The van der Waals surface area contributed by atoms with Crippen LogP contribution in [0.15, 0.2) is 10.9 Å². The van der Waals surface area contributed by atoms with E-state index in [4.69, 9.17) is 10.8 Å². The molecule has 1 rings (SSSR count). The van der Waals surface area contributed by atoms with Crippen LogP contribution in [0.3, 0.4) is 0 Å². The Kier molecular flexibility index (Phi) is 3.73. The zero-order valence-corrected chi connectivity index (χ0v) is 8.17. The van der Waals surface area contributed by atoms with E-state index < -0.39 is 29.9 Å². The van der Waals surface area contributed by atoms with Crippen molar-refractivity contribution >= 4 is 5.97 Å². The molecule has 0 aliphatic carbocycles. The molecule has 5 nitrogen and oxygen atoms in total. The van der Waals surface area contributed by atoms with Gasteiger partial charge in [0.25, 0.3) is 6.43 Å². The second-order valence-corrected chi connectivity index (χ2v) is 3.13. The van der Waals surface area contributed by atoms with Gasteiger partial charge >= 0.3 is 5.97 Å². The Morgan fingerprint density at radius 1 is 1.56 bits per heavy atom. The molecule has 7 heteroatoms. The molecular formula is C9H10F2N2O3. The number of aromatic nitrogens is 1. The highest BCUT2D eigenvalue weighted by Crippen LogP contribution is 2.24. The molecule has 88 valence electrons. The number of aliphatic carboxylic acids is 1. The topological polar surface area (TPSA) is 96.2 Å². The number of rotatable bonds is 4. The molecule has 0 bridgehead atoms. The maximum absolute atomic E-state index is 12.7.